The first-order valence-electron chi connectivity index (χ1n) is 6.03. The highest BCUT2D eigenvalue weighted by Gasteiger charge is 2.31. The summed E-state index contributed by atoms with van der Waals surface area (Å²) >= 11 is 0. The molecule has 1 aliphatic heterocycles. The molecule has 1 aliphatic rings. The van der Waals surface area contributed by atoms with Crippen molar-refractivity contribution in [2.75, 3.05) is 18.0 Å². The van der Waals surface area contributed by atoms with E-state index in [0.717, 1.165) is 0 Å². The lowest BCUT2D eigenvalue weighted by Crippen LogP contribution is -2.27. The molecular formula is C12H12FN5O2. The first-order valence-corrected chi connectivity index (χ1v) is 6.03. The number of nitrogens with zero attached hydrogens (tertiary/aromatic N) is 3. The van der Waals surface area contributed by atoms with Gasteiger partial charge in [-0.1, -0.05) is 0 Å². The van der Waals surface area contributed by atoms with E-state index in [1.165, 1.54) is 23.4 Å². The van der Waals surface area contributed by atoms with E-state index in [1.807, 2.05) is 0 Å². The Bertz CT molecular complexity index is 631. The van der Waals surface area contributed by atoms with E-state index in [2.05, 4.69) is 15.2 Å². The van der Waals surface area contributed by atoms with Crippen molar-refractivity contribution >= 4 is 11.8 Å². The van der Waals surface area contributed by atoms with E-state index >= 15 is 0 Å². The van der Waals surface area contributed by atoms with Gasteiger partial charge in [-0.3, -0.25) is 10.00 Å². The van der Waals surface area contributed by atoms with E-state index in [-0.39, 0.29) is 24.0 Å². The number of nitrogens with two attached hydrogens (primary N) is 1. The Kier molecular flexibility index (Phi) is 3.07. The topological polar surface area (TPSA) is 97.1 Å². The third-order valence-electron chi connectivity index (χ3n) is 3.06. The molecule has 2 heterocycles. The van der Waals surface area contributed by atoms with Gasteiger partial charge in [0.05, 0.1) is 17.8 Å². The highest BCUT2D eigenvalue weighted by atomic mass is 19.1. The Morgan fingerprint density at radius 3 is 3.00 bits per heavy atom. The number of hydrogen-bond acceptors (Lipinski definition) is 5. The number of rotatable bonds is 3. The van der Waals surface area contributed by atoms with Gasteiger partial charge in [0, 0.05) is 6.54 Å². The summed E-state index contributed by atoms with van der Waals surface area (Å²) in [5.74, 6) is -0.246. The van der Waals surface area contributed by atoms with Gasteiger partial charge in [0.1, 0.15) is 18.2 Å². The number of cyclic esters (lactones) is 1. The molecule has 1 saturated heterocycles. The number of nitrogens with one attached hydrogen (secondary N) is 1. The molecule has 2 aromatic rings. The second-order valence-electron chi connectivity index (χ2n) is 4.34. The van der Waals surface area contributed by atoms with Crippen molar-refractivity contribution in [3.63, 3.8) is 0 Å². The molecule has 7 nitrogen and oxygen atoms in total. The maximum absolute atomic E-state index is 14.1. The molecule has 0 radical (unpaired) electrons. The molecule has 8 heteroatoms. The van der Waals surface area contributed by atoms with Gasteiger partial charge >= 0.3 is 6.09 Å². The number of H-pyrrole nitrogens is 1. The fourth-order valence-electron chi connectivity index (χ4n) is 2.05. The Balaban J connectivity index is 1.89. The SMILES string of the molecule is NC[C@H]1CN(c2ccc(-c3nc[nH]n3)c(F)c2)C(=O)O1. The van der Waals surface area contributed by atoms with Gasteiger partial charge in [0.2, 0.25) is 0 Å². The maximum atomic E-state index is 14.1. The minimum Gasteiger partial charge on any atom is -0.443 e. The molecule has 3 N–H and O–H groups in total. The number of amides is 1. The number of carbonyl (C=O) groups excluding carboxylic acids is 1. The number of anilines is 1. The number of aromatic nitrogens is 3. The van der Waals surface area contributed by atoms with Crippen molar-refractivity contribution in [3.8, 4) is 11.4 Å². The second kappa shape index (κ2) is 4.89. The van der Waals surface area contributed by atoms with Gasteiger partial charge in [0.15, 0.2) is 5.82 Å². The Morgan fingerprint density at radius 1 is 1.55 bits per heavy atom. The predicted octanol–water partition coefficient (Wildman–Crippen LogP) is 0.895. The number of ether oxygens (including phenoxy) is 1. The fraction of sp³-hybridized carbons (Fsp3) is 0.250. The lowest BCUT2D eigenvalue weighted by molar-refractivity contribution is 0.145. The van der Waals surface area contributed by atoms with Gasteiger partial charge in [-0.2, -0.15) is 5.10 Å². The van der Waals surface area contributed by atoms with E-state index in [9.17, 15) is 9.18 Å². The van der Waals surface area contributed by atoms with Gasteiger partial charge in [-0.05, 0) is 18.2 Å². The zero-order valence-electron chi connectivity index (χ0n) is 10.4. The summed E-state index contributed by atoms with van der Waals surface area (Å²) in [6.07, 6.45) is 0.482. The number of hydrogen-bond donors (Lipinski definition) is 2. The number of carbonyl (C=O) groups is 1. The Labute approximate surface area is 113 Å². The van der Waals surface area contributed by atoms with Gasteiger partial charge in [-0.25, -0.2) is 14.2 Å². The van der Waals surface area contributed by atoms with Crippen LogP contribution in [0, 0.1) is 5.82 Å². The Morgan fingerprint density at radius 2 is 2.40 bits per heavy atom. The minimum atomic E-state index is -0.523. The summed E-state index contributed by atoms with van der Waals surface area (Å²) in [6.45, 7) is 0.550. The maximum Gasteiger partial charge on any atom is 0.414 e. The number of benzene rings is 1. The van der Waals surface area contributed by atoms with Crippen LogP contribution in [0.3, 0.4) is 0 Å². The molecule has 3 rings (SSSR count). The summed E-state index contributed by atoms with van der Waals surface area (Å²) in [5.41, 5.74) is 6.14. The molecule has 1 atom stereocenters. The lowest BCUT2D eigenvalue weighted by Gasteiger charge is -2.13. The standard InChI is InChI=1S/C12H12FN5O2/c13-10-3-7(18-5-8(4-14)20-12(18)19)1-2-9(10)11-15-6-16-17-11/h1-3,6,8H,4-5,14H2,(H,15,16,17)/t8-/m0/s1. The van der Waals surface area contributed by atoms with Crippen LogP contribution in [0.15, 0.2) is 24.5 Å². The van der Waals surface area contributed by atoms with E-state index < -0.39 is 11.9 Å². The summed E-state index contributed by atoms with van der Waals surface area (Å²) in [5, 5.41) is 6.34. The summed E-state index contributed by atoms with van der Waals surface area (Å²) in [6, 6.07) is 4.40. The van der Waals surface area contributed by atoms with Crippen LogP contribution in [0.5, 0.6) is 0 Å². The molecule has 0 unspecified atom stereocenters. The normalized spacial score (nSPS) is 18.4. The second-order valence-corrected chi connectivity index (χ2v) is 4.34. The number of aromatic amines is 1. The summed E-state index contributed by atoms with van der Waals surface area (Å²) in [7, 11) is 0. The van der Waals surface area contributed by atoms with Crippen LogP contribution in [-0.2, 0) is 4.74 Å². The number of halogens is 1. The zero-order valence-corrected chi connectivity index (χ0v) is 10.4. The molecule has 0 aliphatic carbocycles. The average Bonchev–Trinajstić information content (AvgIpc) is 3.07. The third-order valence-corrected chi connectivity index (χ3v) is 3.06. The monoisotopic (exact) mass is 277 g/mol. The first kappa shape index (κ1) is 12.5. The van der Waals surface area contributed by atoms with Crippen molar-refractivity contribution in [1.82, 2.24) is 15.2 Å². The van der Waals surface area contributed by atoms with Gasteiger partial charge in [-0.15, -0.1) is 0 Å². The molecule has 1 aromatic heterocycles. The molecule has 0 bridgehead atoms. The lowest BCUT2D eigenvalue weighted by atomic mass is 10.1. The van der Waals surface area contributed by atoms with Crippen molar-refractivity contribution in [3.05, 3.63) is 30.3 Å². The molecule has 104 valence electrons. The Hall–Kier alpha value is -2.48. The molecule has 1 aromatic carbocycles. The average molecular weight is 277 g/mol. The van der Waals surface area contributed by atoms with Crippen LogP contribution < -0.4 is 10.6 Å². The van der Waals surface area contributed by atoms with E-state index in [0.29, 0.717) is 12.2 Å². The van der Waals surface area contributed by atoms with Crippen molar-refractivity contribution < 1.29 is 13.9 Å². The van der Waals surface area contributed by atoms with Crippen LogP contribution in [0.25, 0.3) is 11.4 Å². The molecule has 1 amide bonds. The summed E-state index contributed by atoms with van der Waals surface area (Å²) in [4.78, 5) is 16.9. The van der Waals surface area contributed by atoms with E-state index in [1.54, 1.807) is 6.07 Å². The highest BCUT2D eigenvalue weighted by Crippen LogP contribution is 2.27. The van der Waals surface area contributed by atoms with Crippen LogP contribution in [0.4, 0.5) is 14.9 Å². The highest BCUT2D eigenvalue weighted by molar-refractivity contribution is 5.90. The van der Waals surface area contributed by atoms with Crippen LogP contribution in [0.2, 0.25) is 0 Å². The van der Waals surface area contributed by atoms with E-state index in [4.69, 9.17) is 10.5 Å². The smallest absolute Gasteiger partial charge is 0.414 e. The molecule has 0 saturated carbocycles. The molecular weight excluding hydrogens is 265 g/mol. The van der Waals surface area contributed by atoms with Gasteiger partial charge in [0.25, 0.3) is 0 Å². The fourth-order valence-corrected chi connectivity index (χ4v) is 2.05. The zero-order chi connectivity index (χ0) is 14.1. The van der Waals surface area contributed by atoms with Crippen LogP contribution in [-0.4, -0.2) is 40.5 Å². The molecule has 0 spiro atoms. The summed E-state index contributed by atoms with van der Waals surface area (Å²) < 4.78 is 19.1. The quantitative estimate of drug-likeness (QED) is 0.868. The van der Waals surface area contributed by atoms with Crippen molar-refractivity contribution in [2.45, 2.75) is 6.10 Å². The largest absolute Gasteiger partial charge is 0.443 e. The minimum absolute atomic E-state index is 0.236. The van der Waals surface area contributed by atoms with Crippen LogP contribution in [0.1, 0.15) is 0 Å². The van der Waals surface area contributed by atoms with Gasteiger partial charge < -0.3 is 10.5 Å². The third kappa shape index (κ3) is 2.10. The predicted molar refractivity (Wildman–Crippen MR) is 68.4 cm³/mol. The van der Waals surface area contributed by atoms with Crippen LogP contribution >= 0.6 is 0 Å². The van der Waals surface area contributed by atoms with Crippen molar-refractivity contribution in [1.29, 1.82) is 0 Å². The molecule has 1 fully saturated rings. The van der Waals surface area contributed by atoms with Crippen molar-refractivity contribution in [2.24, 2.45) is 5.73 Å². The first-order chi connectivity index (χ1) is 9.69. The molecule has 20 heavy (non-hydrogen) atoms.